The summed E-state index contributed by atoms with van der Waals surface area (Å²) >= 11 is 7.44. The molecule has 1 amide bonds. The maximum absolute atomic E-state index is 13.1. The van der Waals surface area contributed by atoms with Crippen LogP contribution in [0, 0.1) is 0 Å². The van der Waals surface area contributed by atoms with Gasteiger partial charge in [0.1, 0.15) is 5.25 Å². The molecule has 0 radical (unpaired) electrons. The molecule has 1 heterocycles. The van der Waals surface area contributed by atoms with Crippen LogP contribution in [0.3, 0.4) is 0 Å². The molecular weight excluding hydrogens is 396 g/mol. The number of benzene rings is 2. The van der Waals surface area contributed by atoms with Crippen LogP contribution in [0.15, 0.2) is 53.4 Å². The van der Waals surface area contributed by atoms with Crippen molar-refractivity contribution in [3.63, 3.8) is 0 Å². The van der Waals surface area contributed by atoms with E-state index < -0.39 is 0 Å². The van der Waals surface area contributed by atoms with Crippen LogP contribution in [0.1, 0.15) is 17.3 Å². The Morgan fingerprint density at radius 2 is 1.79 bits per heavy atom. The molecule has 1 saturated heterocycles. The highest BCUT2D eigenvalue weighted by molar-refractivity contribution is 8.00. The summed E-state index contributed by atoms with van der Waals surface area (Å²) in [5, 5.41) is 0.334. The van der Waals surface area contributed by atoms with Crippen LogP contribution in [0.4, 0.5) is 5.69 Å². The third kappa shape index (κ3) is 4.80. The second-order valence-electron chi connectivity index (χ2n) is 6.54. The number of nitrogens with zero attached hydrogens (tertiary/aromatic N) is 2. The number of esters is 1. The summed E-state index contributed by atoms with van der Waals surface area (Å²) in [6.45, 7) is 4.55. The van der Waals surface area contributed by atoms with Gasteiger partial charge in [-0.15, -0.1) is 11.8 Å². The summed E-state index contributed by atoms with van der Waals surface area (Å²) in [6.07, 6.45) is 0. The first-order chi connectivity index (χ1) is 13.5. The molecular formula is C21H23ClN2O3S. The van der Waals surface area contributed by atoms with Gasteiger partial charge in [-0.25, -0.2) is 0 Å². The lowest BCUT2D eigenvalue weighted by Gasteiger charge is -2.36. The molecule has 28 heavy (non-hydrogen) atoms. The SMILES string of the molecule is COC(=O)C(C)Sc1ccccc1C(=O)N1CCN(c2cccc(Cl)c2)CC1. The van der Waals surface area contributed by atoms with E-state index in [1.807, 2.05) is 53.4 Å². The van der Waals surface area contributed by atoms with Crippen molar-refractivity contribution < 1.29 is 14.3 Å². The van der Waals surface area contributed by atoms with Gasteiger partial charge in [-0.3, -0.25) is 9.59 Å². The highest BCUT2D eigenvalue weighted by atomic mass is 35.5. The molecule has 1 fully saturated rings. The third-order valence-electron chi connectivity index (χ3n) is 4.69. The lowest BCUT2D eigenvalue weighted by Crippen LogP contribution is -2.48. The number of hydrogen-bond donors (Lipinski definition) is 0. The molecule has 0 spiro atoms. The Hall–Kier alpha value is -2.18. The van der Waals surface area contributed by atoms with E-state index in [0.29, 0.717) is 23.7 Å². The zero-order valence-electron chi connectivity index (χ0n) is 15.9. The molecule has 0 aromatic heterocycles. The summed E-state index contributed by atoms with van der Waals surface area (Å²) in [6, 6.07) is 15.2. The van der Waals surface area contributed by atoms with Crippen LogP contribution in [-0.4, -0.2) is 55.3 Å². The topological polar surface area (TPSA) is 49.9 Å². The molecule has 1 aliphatic rings. The largest absolute Gasteiger partial charge is 0.468 e. The van der Waals surface area contributed by atoms with Crippen molar-refractivity contribution in [2.45, 2.75) is 17.1 Å². The minimum Gasteiger partial charge on any atom is -0.468 e. The van der Waals surface area contributed by atoms with Crippen LogP contribution in [0.5, 0.6) is 0 Å². The summed E-state index contributed by atoms with van der Waals surface area (Å²) in [5.41, 5.74) is 1.70. The van der Waals surface area contributed by atoms with Crippen LogP contribution in [0.25, 0.3) is 0 Å². The van der Waals surface area contributed by atoms with Gasteiger partial charge in [-0.1, -0.05) is 29.8 Å². The predicted molar refractivity (Wildman–Crippen MR) is 113 cm³/mol. The monoisotopic (exact) mass is 418 g/mol. The molecule has 2 aromatic carbocycles. The molecule has 0 saturated carbocycles. The number of halogens is 1. The molecule has 1 atom stereocenters. The lowest BCUT2D eigenvalue weighted by atomic mass is 10.1. The molecule has 0 bridgehead atoms. The van der Waals surface area contributed by atoms with Gasteiger partial charge < -0.3 is 14.5 Å². The molecule has 1 aliphatic heterocycles. The molecule has 3 rings (SSSR count). The highest BCUT2D eigenvalue weighted by Gasteiger charge is 2.25. The standard InChI is InChI=1S/C21H23ClN2O3S/c1-15(21(26)27-2)28-19-9-4-3-8-18(19)20(25)24-12-10-23(11-13-24)17-7-5-6-16(22)14-17/h3-9,14-15H,10-13H2,1-2H3. The van der Waals surface area contributed by atoms with E-state index in [2.05, 4.69) is 4.90 Å². The Kier molecular flexibility index (Phi) is 6.86. The van der Waals surface area contributed by atoms with Gasteiger partial charge in [-0.05, 0) is 37.3 Å². The summed E-state index contributed by atoms with van der Waals surface area (Å²) in [7, 11) is 1.37. The van der Waals surface area contributed by atoms with Crippen LogP contribution < -0.4 is 4.90 Å². The highest BCUT2D eigenvalue weighted by Crippen LogP contribution is 2.29. The van der Waals surface area contributed by atoms with E-state index in [1.54, 1.807) is 6.92 Å². The average Bonchev–Trinajstić information content (AvgIpc) is 2.73. The van der Waals surface area contributed by atoms with Gasteiger partial charge in [-0.2, -0.15) is 0 Å². The van der Waals surface area contributed by atoms with E-state index in [-0.39, 0.29) is 17.1 Å². The maximum Gasteiger partial charge on any atom is 0.318 e. The smallest absolute Gasteiger partial charge is 0.318 e. The number of amides is 1. The van der Waals surface area contributed by atoms with Gasteiger partial charge in [0.05, 0.1) is 12.7 Å². The normalized spacial score (nSPS) is 15.2. The zero-order chi connectivity index (χ0) is 20.1. The Bertz CT molecular complexity index is 853. The molecule has 5 nitrogen and oxygen atoms in total. The van der Waals surface area contributed by atoms with Crippen molar-refractivity contribution in [3.8, 4) is 0 Å². The van der Waals surface area contributed by atoms with Crippen molar-refractivity contribution in [1.29, 1.82) is 0 Å². The quantitative estimate of drug-likeness (QED) is 0.543. The van der Waals surface area contributed by atoms with Crippen LogP contribution in [0.2, 0.25) is 5.02 Å². The maximum atomic E-state index is 13.1. The third-order valence-corrected chi connectivity index (χ3v) is 6.09. The van der Waals surface area contributed by atoms with Gasteiger partial charge in [0, 0.05) is 41.8 Å². The second kappa shape index (κ2) is 9.34. The fourth-order valence-corrected chi connectivity index (χ4v) is 4.36. The van der Waals surface area contributed by atoms with Crippen molar-refractivity contribution >= 4 is 40.9 Å². The van der Waals surface area contributed by atoms with E-state index in [4.69, 9.17) is 16.3 Å². The van der Waals surface area contributed by atoms with Crippen molar-refractivity contribution in [2.75, 3.05) is 38.2 Å². The van der Waals surface area contributed by atoms with E-state index in [0.717, 1.165) is 23.7 Å². The molecule has 0 aliphatic carbocycles. The van der Waals surface area contributed by atoms with Gasteiger partial charge >= 0.3 is 5.97 Å². The van der Waals surface area contributed by atoms with Crippen molar-refractivity contribution in [1.82, 2.24) is 4.90 Å². The van der Waals surface area contributed by atoms with Crippen LogP contribution >= 0.6 is 23.4 Å². The summed E-state index contributed by atoms with van der Waals surface area (Å²) in [4.78, 5) is 29.7. The number of anilines is 1. The number of hydrogen-bond acceptors (Lipinski definition) is 5. The number of carbonyl (C=O) groups excluding carboxylic acids is 2. The second-order valence-corrected chi connectivity index (χ2v) is 8.36. The van der Waals surface area contributed by atoms with E-state index in [1.165, 1.54) is 18.9 Å². The van der Waals surface area contributed by atoms with Gasteiger partial charge in [0.2, 0.25) is 0 Å². The Morgan fingerprint density at radius 1 is 1.07 bits per heavy atom. The Labute approximate surface area is 174 Å². The van der Waals surface area contributed by atoms with E-state index in [9.17, 15) is 9.59 Å². The fourth-order valence-electron chi connectivity index (χ4n) is 3.16. The minimum absolute atomic E-state index is 0.00842. The van der Waals surface area contributed by atoms with Crippen molar-refractivity contribution in [3.05, 3.63) is 59.1 Å². The molecule has 2 aromatic rings. The summed E-state index contributed by atoms with van der Waals surface area (Å²) < 4.78 is 4.79. The van der Waals surface area contributed by atoms with Crippen LogP contribution in [-0.2, 0) is 9.53 Å². The Balaban J connectivity index is 1.68. The Morgan fingerprint density at radius 3 is 2.46 bits per heavy atom. The first kappa shape index (κ1) is 20.6. The number of thioether (sulfide) groups is 1. The summed E-state index contributed by atoms with van der Waals surface area (Å²) in [5.74, 6) is -0.312. The number of carbonyl (C=O) groups is 2. The first-order valence-electron chi connectivity index (χ1n) is 9.13. The number of rotatable bonds is 5. The fraction of sp³-hybridized carbons (Fsp3) is 0.333. The minimum atomic E-state index is -0.376. The molecule has 1 unspecified atom stereocenters. The number of piperazine rings is 1. The van der Waals surface area contributed by atoms with Gasteiger partial charge in [0.15, 0.2) is 0 Å². The number of ether oxygens (including phenoxy) is 1. The first-order valence-corrected chi connectivity index (χ1v) is 10.4. The average molecular weight is 419 g/mol. The van der Waals surface area contributed by atoms with E-state index >= 15 is 0 Å². The number of methoxy groups -OCH3 is 1. The van der Waals surface area contributed by atoms with Gasteiger partial charge in [0.25, 0.3) is 5.91 Å². The zero-order valence-corrected chi connectivity index (χ0v) is 17.5. The van der Waals surface area contributed by atoms with Crippen molar-refractivity contribution in [2.24, 2.45) is 0 Å². The molecule has 7 heteroatoms. The lowest BCUT2D eigenvalue weighted by molar-refractivity contribution is -0.139. The predicted octanol–water partition coefficient (Wildman–Crippen LogP) is 3.96. The molecule has 148 valence electrons. The molecule has 0 N–H and O–H groups in total.